The van der Waals surface area contributed by atoms with E-state index in [1.807, 2.05) is 6.92 Å². The molecule has 0 bridgehead atoms. The Morgan fingerprint density at radius 3 is 2.95 bits per heavy atom. The van der Waals surface area contributed by atoms with E-state index in [9.17, 15) is 4.79 Å². The molecule has 1 aromatic heterocycles. The zero-order chi connectivity index (χ0) is 14.3. The molecule has 19 heavy (non-hydrogen) atoms. The molecule has 106 valence electrons. The SMILES string of the molecule is C=C(C)COCCNc1nccn(CC(C)C)c1=O. The quantitative estimate of drug-likeness (QED) is 0.576. The second-order valence-corrected chi connectivity index (χ2v) is 5.06. The van der Waals surface area contributed by atoms with Gasteiger partial charge in [0.2, 0.25) is 0 Å². The number of nitrogens with one attached hydrogen (secondary N) is 1. The monoisotopic (exact) mass is 265 g/mol. The van der Waals surface area contributed by atoms with Gasteiger partial charge in [-0.2, -0.15) is 0 Å². The first-order valence-electron chi connectivity index (χ1n) is 6.52. The van der Waals surface area contributed by atoms with E-state index in [0.717, 1.165) is 5.57 Å². The number of aromatic nitrogens is 2. The highest BCUT2D eigenvalue weighted by atomic mass is 16.5. The Hall–Kier alpha value is -1.62. The highest BCUT2D eigenvalue weighted by Crippen LogP contribution is 1.98. The Balaban J connectivity index is 2.50. The summed E-state index contributed by atoms with van der Waals surface area (Å²) >= 11 is 0. The lowest BCUT2D eigenvalue weighted by Gasteiger charge is -2.11. The van der Waals surface area contributed by atoms with Crippen molar-refractivity contribution < 1.29 is 4.74 Å². The van der Waals surface area contributed by atoms with Crippen LogP contribution in [-0.4, -0.2) is 29.3 Å². The maximum absolute atomic E-state index is 12.1. The first-order valence-corrected chi connectivity index (χ1v) is 6.52. The van der Waals surface area contributed by atoms with Crippen molar-refractivity contribution >= 4 is 5.82 Å². The summed E-state index contributed by atoms with van der Waals surface area (Å²) in [5.41, 5.74) is 0.897. The molecule has 5 heteroatoms. The molecule has 0 aliphatic carbocycles. The molecule has 0 aliphatic heterocycles. The molecule has 0 saturated heterocycles. The van der Waals surface area contributed by atoms with Gasteiger partial charge in [0.15, 0.2) is 5.82 Å². The molecular weight excluding hydrogens is 242 g/mol. The van der Waals surface area contributed by atoms with E-state index in [1.54, 1.807) is 17.0 Å². The number of ether oxygens (including phenoxy) is 1. The standard InChI is InChI=1S/C14H23N3O2/c1-11(2)9-17-7-5-15-13(14(17)18)16-6-8-19-10-12(3)4/h5,7,11H,3,6,8-10H2,1-2,4H3,(H,15,16). The molecule has 0 aliphatic rings. The molecule has 0 unspecified atom stereocenters. The first-order chi connectivity index (χ1) is 9.00. The van der Waals surface area contributed by atoms with Gasteiger partial charge < -0.3 is 14.6 Å². The second-order valence-electron chi connectivity index (χ2n) is 5.06. The molecule has 0 atom stereocenters. The third-order valence-corrected chi connectivity index (χ3v) is 2.36. The summed E-state index contributed by atoms with van der Waals surface area (Å²) in [6, 6.07) is 0. The zero-order valence-electron chi connectivity index (χ0n) is 12.0. The van der Waals surface area contributed by atoms with Crippen LogP contribution in [0.5, 0.6) is 0 Å². The van der Waals surface area contributed by atoms with E-state index in [1.165, 1.54) is 0 Å². The summed E-state index contributed by atoms with van der Waals surface area (Å²) in [5.74, 6) is 0.800. The van der Waals surface area contributed by atoms with E-state index in [-0.39, 0.29) is 5.56 Å². The van der Waals surface area contributed by atoms with Crippen molar-refractivity contribution in [1.82, 2.24) is 9.55 Å². The maximum atomic E-state index is 12.1. The van der Waals surface area contributed by atoms with Gasteiger partial charge in [0.05, 0.1) is 13.2 Å². The van der Waals surface area contributed by atoms with Crippen LogP contribution in [0.25, 0.3) is 0 Å². The molecule has 0 spiro atoms. The van der Waals surface area contributed by atoms with E-state index >= 15 is 0 Å². The molecule has 0 fully saturated rings. The molecule has 0 amide bonds. The lowest BCUT2D eigenvalue weighted by atomic mass is 10.2. The Kier molecular flexibility index (Phi) is 6.29. The van der Waals surface area contributed by atoms with Crippen molar-refractivity contribution in [3.05, 3.63) is 34.9 Å². The number of anilines is 1. The van der Waals surface area contributed by atoms with Crippen molar-refractivity contribution in [2.45, 2.75) is 27.3 Å². The van der Waals surface area contributed by atoms with Crippen LogP contribution >= 0.6 is 0 Å². The van der Waals surface area contributed by atoms with E-state index in [2.05, 4.69) is 30.7 Å². The summed E-state index contributed by atoms with van der Waals surface area (Å²) in [7, 11) is 0. The molecule has 1 heterocycles. The highest BCUT2D eigenvalue weighted by molar-refractivity contribution is 5.30. The molecule has 1 aromatic rings. The Morgan fingerprint density at radius 1 is 1.58 bits per heavy atom. The van der Waals surface area contributed by atoms with Crippen LogP contribution in [-0.2, 0) is 11.3 Å². The molecule has 0 radical (unpaired) electrons. The molecule has 0 saturated carbocycles. The normalized spacial score (nSPS) is 10.7. The van der Waals surface area contributed by atoms with Crippen LogP contribution in [0.2, 0.25) is 0 Å². The van der Waals surface area contributed by atoms with Crippen molar-refractivity contribution in [2.24, 2.45) is 5.92 Å². The van der Waals surface area contributed by atoms with Gasteiger partial charge in [0.1, 0.15) is 0 Å². The van der Waals surface area contributed by atoms with Crippen molar-refractivity contribution in [1.29, 1.82) is 0 Å². The predicted molar refractivity (Wildman–Crippen MR) is 77.5 cm³/mol. The van der Waals surface area contributed by atoms with Crippen molar-refractivity contribution in [3.8, 4) is 0 Å². The molecule has 0 aromatic carbocycles. The van der Waals surface area contributed by atoms with Crippen LogP contribution < -0.4 is 10.9 Å². The minimum Gasteiger partial charge on any atom is -0.375 e. The number of hydrogen-bond donors (Lipinski definition) is 1. The van der Waals surface area contributed by atoms with Crippen LogP contribution in [0.3, 0.4) is 0 Å². The van der Waals surface area contributed by atoms with Gasteiger partial charge >= 0.3 is 0 Å². The fourth-order valence-corrected chi connectivity index (χ4v) is 1.59. The molecule has 1 rings (SSSR count). The highest BCUT2D eigenvalue weighted by Gasteiger charge is 2.05. The van der Waals surface area contributed by atoms with E-state index in [4.69, 9.17) is 4.74 Å². The van der Waals surface area contributed by atoms with Crippen LogP contribution in [0, 0.1) is 5.92 Å². The first kappa shape index (κ1) is 15.4. The lowest BCUT2D eigenvalue weighted by molar-refractivity contribution is 0.167. The van der Waals surface area contributed by atoms with Gasteiger partial charge in [-0.3, -0.25) is 4.79 Å². The van der Waals surface area contributed by atoms with Crippen molar-refractivity contribution in [3.63, 3.8) is 0 Å². The number of nitrogens with zero attached hydrogens (tertiary/aromatic N) is 2. The Bertz CT molecular complexity index is 466. The van der Waals surface area contributed by atoms with Crippen LogP contribution in [0.15, 0.2) is 29.3 Å². The van der Waals surface area contributed by atoms with Crippen molar-refractivity contribution in [2.75, 3.05) is 25.1 Å². The number of rotatable bonds is 8. The van der Waals surface area contributed by atoms with E-state index in [0.29, 0.717) is 38.0 Å². The van der Waals surface area contributed by atoms with E-state index < -0.39 is 0 Å². The summed E-state index contributed by atoms with van der Waals surface area (Å²) in [4.78, 5) is 16.1. The van der Waals surface area contributed by atoms with Gasteiger partial charge in [-0.1, -0.05) is 26.0 Å². The lowest BCUT2D eigenvalue weighted by Crippen LogP contribution is -2.27. The van der Waals surface area contributed by atoms with Crippen LogP contribution in [0.4, 0.5) is 5.82 Å². The molecule has 5 nitrogen and oxygen atoms in total. The minimum atomic E-state index is -0.0869. The second kappa shape index (κ2) is 7.74. The average Bonchev–Trinajstić information content (AvgIpc) is 2.32. The van der Waals surface area contributed by atoms with Gasteiger partial charge in [-0.15, -0.1) is 0 Å². The average molecular weight is 265 g/mol. The fraction of sp³-hybridized carbons (Fsp3) is 0.571. The van der Waals surface area contributed by atoms with Gasteiger partial charge in [0.25, 0.3) is 5.56 Å². The van der Waals surface area contributed by atoms with Gasteiger partial charge in [-0.25, -0.2) is 4.98 Å². The summed E-state index contributed by atoms with van der Waals surface area (Å²) in [6.07, 6.45) is 3.35. The zero-order valence-corrected chi connectivity index (χ0v) is 12.0. The fourth-order valence-electron chi connectivity index (χ4n) is 1.59. The topological polar surface area (TPSA) is 56.1 Å². The van der Waals surface area contributed by atoms with Gasteiger partial charge in [-0.05, 0) is 12.8 Å². The summed E-state index contributed by atoms with van der Waals surface area (Å²) in [5, 5.41) is 3.00. The third kappa shape index (κ3) is 5.70. The molecular formula is C14H23N3O2. The summed E-state index contributed by atoms with van der Waals surface area (Å²) < 4.78 is 7.03. The number of hydrogen-bond acceptors (Lipinski definition) is 4. The largest absolute Gasteiger partial charge is 0.375 e. The maximum Gasteiger partial charge on any atom is 0.293 e. The smallest absolute Gasteiger partial charge is 0.293 e. The van der Waals surface area contributed by atoms with Gasteiger partial charge in [0, 0.05) is 25.5 Å². The predicted octanol–water partition coefficient (Wildman–Crippen LogP) is 1.90. The molecule has 1 N–H and O–H groups in total. The Morgan fingerprint density at radius 2 is 2.32 bits per heavy atom. The third-order valence-electron chi connectivity index (χ3n) is 2.36. The Labute approximate surface area is 114 Å². The minimum absolute atomic E-state index is 0.0869. The van der Waals surface area contributed by atoms with Crippen LogP contribution in [0.1, 0.15) is 20.8 Å². The summed E-state index contributed by atoms with van der Waals surface area (Å²) in [6.45, 7) is 12.1.